The maximum atomic E-state index is 13.0. The molecule has 2 N–H and O–H groups in total. The van der Waals surface area contributed by atoms with E-state index in [0.717, 1.165) is 12.1 Å². The quantitative estimate of drug-likeness (QED) is 0.683. The first kappa shape index (κ1) is 17.9. The molecule has 4 nitrogen and oxygen atoms in total. The van der Waals surface area contributed by atoms with Gasteiger partial charge in [0.15, 0.2) is 11.6 Å². The lowest BCUT2D eigenvalue weighted by Crippen LogP contribution is -2.38. The molecule has 118 valence electrons. The molecule has 0 aromatic heterocycles. The molecule has 21 heavy (non-hydrogen) atoms. The number of thioether (sulfide) groups is 1. The van der Waals surface area contributed by atoms with E-state index in [1.54, 1.807) is 0 Å². The Bertz CT molecular complexity index is 454. The van der Waals surface area contributed by atoms with Crippen molar-refractivity contribution in [3.05, 3.63) is 29.8 Å². The van der Waals surface area contributed by atoms with Gasteiger partial charge in [0.1, 0.15) is 0 Å². The fourth-order valence-electron chi connectivity index (χ4n) is 1.68. The standard InChI is InChI=1S/C14H19F2NO3S/c1-20-9-10(4-6-18)17-14(19)5-7-21-11-2-3-12(15)13(16)8-11/h2-3,8,10,18H,4-7,9H2,1H3,(H,17,19). The van der Waals surface area contributed by atoms with E-state index in [9.17, 15) is 13.6 Å². The molecule has 1 aromatic rings. The molecule has 0 spiro atoms. The minimum absolute atomic E-state index is 0.0298. The van der Waals surface area contributed by atoms with Crippen molar-refractivity contribution in [2.75, 3.05) is 26.1 Å². The second-order valence-corrected chi connectivity index (χ2v) is 5.57. The summed E-state index contributed by atoms with van der Waals surface area (Å²) in [6, 6.07) is 3.42. The molecule has 0 saturated heterocycles. The summed E-state index contributed by atoms with van der Waals surface area (Å²) in [7, 11) is 1.52. The number of hydrogen-bond acceptors (Lipinski definition) is 4. The third-order valence-corrected chi connectivity index (χ3v) is 3.69. The number of amides is 1. The van der Waals surface area contributed by atoms with Crippen LogP contribution in [-0.2, 0) is 9.53 Å². The first-order valence-electron chi connectivity index (χ1n) is 6.53. The number of aliphatic hydroxyl groups is 1. The molecule has 0 fully saturated rings. The van der Waals surface area contributed by atoms with E-state index in [2.05, 4.69) is 5.32 Å². The van der Waals surface area contributed by atoms with E-state index in [1.807, 2.05) is 0 Å². The van der Waals surface area contributed by atoms with Crippen LogP contribution >= 0.6 is 11.8 Å². The molecule has 0 aliphatic rings. The van der Waals surface area contributed by atoms with Crippen LogP contribution in [0.4, 0.5) is 8.78 Å². The zero-order valence-electron chi connectivity index (χ0n) is 11.8. The Labute approximate surface area is 126 Å². The highest BCUT2D eigenvalue weighted by Crippen LogP contribution is 2.20. The number of rotatable bonds is 9. The number of methoxy groups -OCH3 is 1. The van der Waals surface area contributed by atoms with Crippen molar-refractivity contribution in [2.24, 2.45) is 0 Å². The third-order valence-electron chi connectivity index (χ3n) is 2.70. The molecular weight excluding hydrogens is 300 g/mol. The number of benzene rings is 1. The van der Waals surface area contributed by atoms with Crippen molar-refractivity contribution in [3.63, 3.8) is 0 Å². The fraction of sp³-hybridized carbons (Fsp3) is 0.500. The Kier molecular flexibility index (Phi) is 8.26. The number of ether oxygens (including phenoxy) is 1. The third kappa shape index (κ3) is 6.88. The van der Waals surface area contributed by atoms with E-state index in [4.69, 9.17) is 9.84 Å². The summed E-state index contributed by atoms with van der Waals surface area (Å²) in [5.41, 5.74) is 0. The Morgan fingerprint density at radius 2 is 2.19 bits per heavy atom. The average molecular weight is 319 g/mol. The van der Waals surface area contributed by atoms with Gasteiger partial charge < -0.3 is 15.2 Å². The molecule has 0 radical (unpaired) electrons. The highest BCUT2D eigenvalue weighted by Gasteiger charge is 2.11. The Morgan fingerprint density at radius 1 is 1.43 bits per heavy atom. The van der Waals surface area contributed by atoms with Crippen molar-refractivity contribution >= 4 is 17.7 Å². The number of nitrogens with one attached hydrogen (secondary N) is 1. The van der Waals surface area contributed by atoms with Gasteiger partial charge in [0.05, 0.1) is 12.6 Å². The molecule has 0 heterocycles. The summed E-state index contributed by atoms with van der Waals surface area (Å²) in [5, 5.41) is 11.6. The van der Waals surface area contributed by atoms with Gasteiger partial charge >= 0.3 is 0 Å². The molecule has 7 heteroatoms. The van der Waals surface area contributed by atoms with Crippen LogP contribution in [-0.4, -0.2) is 43.1 Å². The van der Waals surface area contributed by atoms with Gasteiger partial charge in [-0.15, -0.1) is 11.8 Å². The number of hydrogen-bond donors (Lipinski definition) is 2. The zero-order chi connectivity index (χ0) is 15.7. The second-order valence-electron chi connectivity index (χ2n) is 4.41. The molecule has 1 rings (SSSR count). The van der Waals surface area contributed by atoms with Crippen LogP contribution < -0.4 is 5.32 Å². The van der Waals surface area contributed by atoms with Gasteiger partial charge in [-0.05, 0) is 24.6 Å². The van der Waals surface area contributed by atoms with Gasteiger partial charge in [-0.1, -0.05) is 0 Å². The fourth-order valence-corrected chi connectivity index (χ4v) is 2.56. The Hall–Kier alpha value is -1.18. The van der Waals surface area contributed by atoms with E-state index < -0.39 is 11.6 Å². The van der Waals surface area contributed by atoms with Crippen molar-refractivity contribution in [1.82, 2.24) is 5.32 Å². The highest BCUT2D eigenvalue weighted by molar-refractivity contribution is 7.99. The highest BCUT2D eigenvalue weighted by atomic mass is 32.2. The second kappa shape index (κ2) is 9.70. The largest absolute Gasteiger partial charge is 0.396 e. The number of carbonyl (C=O) groups is 1. The summed E-state index contributed by atoms with van der Waals surface area (Å²) >= 11 is 1.28. The lowest BCUT2D eigenvalue weighted by Gasteiger charge is -2.16. The zero-order valence-corrected chi connectivity index (χ0v) is 12.6. The number of carbonyl (C=O) groups excluding carboxylic acids is 1. The Morgan fingerprint density at radius 3 is 2.81 bits per heavy atom. The predicted octanol–water partition coefficient (Wildman–Crippen LogP) is 1.96. The molecule has 1 unspecified atom stereocenters. The van der Waals surface area contributed by atoms with E-state index in [1.165, 1.54) is 24.9 Å². The molecule has 0 saturated carbocycles. The van der Waals surface area contributed by atoms with Crippen molar-refractivity contribution in [1.29, 1.82) is 0 Å². The van der Waals surface area contributed by atoms with Crippen molar-refractivity contribution in [3.8, 4) is 0 Å². The minimum Gasteiger partial charge on any atom is -0.396 e. The lowest BCUT2D eigenvalue weighted by atomic mass is 10.2. The van der Waals surface area contributed by atoms with Crippen LogP contribution in [0.3, 0.4) is 0 Å². The molecule has 0 aliphatic carbocycles. The predicted molar refractivity (Wildman–Crippen MR) is 77.2 cm³/mol. The first-order valence-corrected chi connectivity index (χ1v) is 7.52. The van der Waals surface area contributed by atoms with E-state index in [0.29, 0.717) is 23.7 Å². The van der Waals surface area contributed by atoms with Crippen LogP contribution in [0.25, 0.3) is 0 Å². The van der Waals surface area contributed by atoms with Gasteiger partial charge in [0.2, 0.25) is 5.91 Å². The van der Waals surface area contributed by atoms with Crippen molar-refractivity contribution < 1.29 is 23.4 Å². The maximum absolute atomic E-state index is 13.0. The number of aliphatic hydroxyl groups excluding tert-OH is 1. The van der Waals surface area contributed by atoms with Gasteiger partial charge in [0.25, 0.3) is 0 Å². The van der Waals surface area contributed by atoms with Gasteiger partial charge in [-0.2, -0.15) is 0 Å². The summed E-state index contributed by atoms with van der Waals surface area (Å²) in [6.07, 6.45) is 0.672. The van der Waals surface area contributed by atoms with Crippen LogP contribution in [0.2, 0.25) is 0 Å². The molecule has 1 aromatic carbocycles. The monoisotopic (exact) mass is 319 g/mol. The summed E-state index contributed by atoms with van der Waals surface area (Å²) < 4.78 is 30.7. The van der Waals surface area contributed by atoms with Gasteiger partial charge in [-0.3, -0.25) is 4.79 Å². The molecular formula is C14H19F2NO3S. The normalized spacial score (nSPS) is 12.2. The van der Waals surface area contributed by atoms with Gasteiger partial charge in [0, 0.05) is 30.8 Å². The van der Waals surface area contributed by atoms with Crippen LogP contribution in [0, 0.1) is 11.6 Å². The van der Waals surface area contributed by atoms with Crippen LogP contribution in [0.15, 0.2) is 23.1 Å². The van der Waals surface area contributed by atoms with Crippen LogP contribution in [0.5, 0.6) is 0 Å². The minimum atomic E-state index is -0.896. The topological polar surface area (TPSA) is 58.6 Å². The summed E-state index contributed by atoms with van der Waals surface area (Å²) in [4.78, 5) is 12.3. The van der Waals surface area contributed by atoms with E-state index in [-0.39, 0.29) is 25.0 Å². The average Bonchev–Trinajstić information content (AvgIpc) is 2.43. The first-order chi connectivity index (χ1) is 10.1. The van der Waals surface area contributed by atoms with Crippen molar-refractivity contribution in [2.45, 2.75) is 23.8 Å². The number of halogens is 2. The summed E-state index contributed by atoms with van der Waals surface area (Å²) in [5.74, 6) is -1.49. The van der Waals surface area contributed by atoms with E-state index >= 15 is 0 Å². The Balaban J connectivity index is 2.33. The maximum Gasteiger partial charge on any atom is 0.221 e. The molecule has 0 bridgehead atoms. The molecule has 1 atom stereocenters. The lowest BCUT2D eigenvalue weighted by molar-refractivity contribution is -0.121. The molecule has 1 amide bonds. The van der Waals surface area contributed by atoms with Crippen LogP contribution in [0.1, 0.15) is 12.8 Å². The molecule has 0 aliphatic heterocycles. The van der Waals surface area contributed by atoms with Gasteiger partial charge in [-0.25, -0.2) is 8.78 Å². The SMILES string of the molecule is COCC(CCO)NC(=O)CCSc1ccc(F)c(F)c1. The smallest absolute Gasteiger partial charge is 0.221 e. The summed E-state index contributed by atoms with van der Waals surface area (Å²) in [6.45, 7) is 0.306.